The van der Waals surface area contributed by atoms with E-state index >= 15 is 0 Å². The van der Waals surface area contributed by atoms with E-state index in [0.717, 1.165) is 43.6 Å². The zero-order valence-corrected chi connectivity index (χ0v) is 17.3. The Labute approximate surface area is 173 Å². The molecule has 29 heavy (non-hydrogen) atoms. The van der Waals surface area contributed by atoms with Gasteiger partial charge in [0, 0.05) is 50.5 Å². The second kappa shape index (κ2) is 8.95. The van der Waals surface area contributed by atoms with Crippen LogP contribution in [0.4, 0.5) is 5.69 Å². The van der Waals surface area contributed by atoms with Crippen molar-refractivity contribution in [2.45, 2.75) is 37.5 Å². The van der Waals surface area contributed by atoms with Crippen LogP contribution in [0, 0.1) is 0 Å². The summed E-state index contributed by atoms with van der Waals surface area (Å²) in [5, 5.41) is 3.21. The molecule has 2 heterocycles. The van der Waals surface area contributed by atoms with Crippen LogP contribution in [0.3, 0.4) is 0 Å². The van der Waals surface area contributed by atoms with Gasteiger partial charge in [-0.05, 0) is 49.1 Å². The lowest BCUT2D eigenvalue weighted by atomic mass is 10.0. The number of hydrogen-bond acceptors (Lipinski definition) is 5. The van der Waals surface area contributed by atoms with Gasteiger partial charge >= 0.3 is 0 Å². The Morgan fingerprint density at radius 1 is 1.00 bits per heavy atom. The number of amides is 1. The summed E-state index contributed by atoms with van der Waals surface area (Å²) in [5.41, 5.74) is 10.0. The topological polar surface area (TPSA) is 59.6 Å². The predicted octanol–water partition coefficient (Wildman–Crippen LogP) is 2.51. The number of hydrazine groups is 1. The Bertz CT molecular complexity index is 800. The van der Waals surface area contributed by atoms with Gasteiger partial charge in [-0.1, -0.05) is 30.3 Å². The first-order chi connectivity index (χ1) is 14.1. The molecule has 0 bridgehead atoms. The summed E-state index contributed by atoms with van der Waals surface area (Å²) in [6.45, 7) is 1.98. The second-order valence-corrected chi connectivity index (χ2v) is 8.23. The van der Waals surface area contributed by atoms with Gasteiger partial charge in [-0.25, -0.2) is 10.9 Å². The Morgan fingerprint density at radius 2 is 1.69 bits per heavy atom. The normalized spacial score (nSPS) is 23.1. The number of rotatable bonds is 5. The molecule has 2 fully saturated rings. The van der Waals surface area contributed by atoms with Crippen LogP contribution in [-0.2, 0) is 0 Å². The molecule has 2 aliphatic rings. The molecule has 0 aromatic heterocycles. The van der Waals surface area contributed by atoms with E-state index in [4.69, 9.17) is 0 Å². The third-order valence-electron chi connectivity index (χ3n) is 6.04. The molecule has 0 saturated carbocycles. The van der Waals surface area contributed by atoms with Gasteiger partial charge < -0.3 is 10.2 Å². The number of nitrogens with zero attached hydrogens (tertiary/aromatic N) is 2. The highest BCUT2D eigenvalue weighted by atomic mass is 16.1. The molecular formula is C23H31N5O. The molecular weight excluding hydrogens is 362 g/mol. The molecule has 2 atom stereocenters. The fraction of sp³-hybridized carbons (Fsp3) is 0.435. The highest BCUT2D eigenvalue weighted by Gasteiger charge is 2.32. The first-order valence-electron chi connectivity index (χ1n) is 10.5. The number of nitrogens with one attached hydrogen (secondary N) is 3. The summed E-state index contributed by atoms with van der Waals surface area (Å²) in [7, 11) is 4.00. The molecule has 0 radical (unpaired) electrons. The first-order valence-corrected chi connectivity index (χ1v) is 10.5. The number of hydrogen-bond donors (Lipinski definition) is 3. The molecule has 6 nitrogen and oxygen atoms in total. The van der Waals surface area contributed by atoms with E-state index in [1.165, 1.54) is 5.56 Å². The SMILES string of the molecule is CN(C)c1ccc(C(=O)NC2CCN(C3CC(c4ccccc4)NN3)CC2)cc1. The largest absolute Gasteiger partial charge is 0.378 e. The fourth-order valence-electron chi connectivity index (χ4n) is 4.22. The Kier molecular flexibility index (Phi) is 6.13. The number of carbonyl (C=O) groups is 1. The number of benzene rings is 2. The average molecular weight is 394 g/mol. The highest BCUT2D eigenvalue weighted by molar-refractivity contribution is 5.94. The molecule has 2 aromatic rings. The molecule has 0 aliphatic carbocycles. The smallest absolute Gasteiger partial charge is 0.251 e. The monoisotopic (exact) mass is 393 g/mol. The van der Waals surface area contributed by atoms with Gasteiger partial charge in [-0.2, -0.15) is 0 Å². The van der Waals surface area contributed by atoms with Crippen molar-refractivity contribution in [3.05, 3.63) is 65.7 Å². The molecule has 2 aliphatic heterocycles. The minimum atomic E-state index is 0.0264. The summed E-state index contributed by atoms with van der Waals surface area (Å²) >= 11 is 0. The van der Waals surface area contributed by atoms with Crippen LogP contribution in [0.1, 0.15) is 41.2 Å². The molecule has 2 aromatic carbocycles. The lowest BCUT2D eigenvalue weighted by Crippen LogP contribution is -2.51. The zero-order valence-electron chi connectivity index (χ0n) is 17.3. The Morgan fingerprint density at radius 3 is 2.34 bits per heavy atom. The Hall–Kier alpha value is -2.41. The van der Waals surface area contributed by atoms with E-state index in [1.54, 1.807) is 0 Å². The van der Waals surface area contributed by atoms with Gasteiger partial charge in [-0.3, -0.25) is 9.69 Å². The number of piperidine rings is 1. The maximum absolute atomic E-state index is 12.6. The van der Waals surface area contributed by atoms with Gasteiger partial charge in [0.2, 0.25) is 0 Å². The number of carbonyl (C=O) groups excluding carboxylic acids is 1. The third kappa shape index (κ3) is 4.78. The number of likely N-dealkylation sites (tertiary alicyclic amines) is 1. The van der Waals surface area contributed by atoms with E-state index in [1.807, 2.05) is 43.3 Å². The minimum Gasteiger partial charge on any atom is -0.378 e. The predicted molar refractivity (Wildman–Crippen MR) is 117 cm³/mol. The van der Waals surface area contributed by atoms with Crippen molar-refractivity contribution >= 4 is 11.6 Å². The summed E-state index contributed by atoms with van der Waals surface area (Å²) in [6, 6.07) is 18.9. The number of anilines is 1. The fourth-order valence-corrected chi connectivity index (χ4v) is 4.22. The van der Waals surface area contributed by atoms with E-state index in [2.05, 4.69) is 51.4 Å². The van der Waals surface area contributed by atoms with Crippen molar-refractivity contribution < 1.29 is 4.79 Å². The van der Waals surface area contributed by atoms with E-state index in [9.17, 15) is 4.79 Å². The van der Waals surface area contributed by atoms with Crippen molar-refractivity contribution in [3.63, 3.8) is 0 Å². The summed E-state index contributed by atoms with van der Waals surface area (Å²) < 4.78 is 0. The van der Waals surface area contributed by atoms with Crippen molar-refractivity contribution in [1.29, 1.82) is 0 Å². The van der Waals surface area contributed by atoms with Crippen molar-refractivity contribution in [2.75, 3.05) is 32.1 Å². The van der Waals surface area contributed by atoms with Gasteiger partial charge in [0.1, 0.15) is 0 Å². The van der Waals surface area contributed by atoms with Gasteiger partial charge in [0.05, 0.1) is 6.17 Å². The van der Waals surface area contributed by atoms with Crippen molar-refractivity contribution in [1.82, 2.24) is 21.1 Å². The quantitative estimate of drug-likeness (QED) is 0.729. The molecule has 2 saturated heterocycles. The van der Waals surface area contributed by atoms with Crippen LogP contribution >= 0.6 is 0 Å². The molecule has 154 valence electrons. The Balaban J connectivity index is 1.25. The lowest BCUT2D eigenvalue weighted by Gasteiger charge is -2.35. The van der Waals surface area contributed by atoms with Crippen LogP contribution in [0.15, 0.2) is 54.6 Å². The molecule has 4 rings (SSSR count). The van der Waals surface area contributed by atoms with Gasteiger partial charge in [0.25, 0.3) is 5.91 Å². The van der Waals surface area contributed by atoms with Crippen LogP contribution in [0.25, 0.3) is 0 Å². The van der Waals surface area contributed by atoms with Crippen LogP contribution in [0.5, 0.6) is 0 Å². The zero-order chi connectivity index (χ0) is 20.2. The standard InChI is InChI=1S/C23H31N5O/c1-27(2)20-10-8-18(9-11-20)23(29)24-19-12-14-28(15-13-19)22-16-21(25-26-22)17-6-4-3-5-7-17/h3-11,19,21-22,25-26H,12-16H2,1-2H3,(H,24,29). The summed E-state index contributed by atoms with van der Waals surface area (Å²) in [5.74, 6) is 0.0264. The molecule has 6 heteroatoms. The lowest BCUT2D eigenvalue weighted by molar-refractivity contribution is 0.0880. The van der Waals surface area contributed by atoms with Gasteiger partial charge in [-0.15, -0.1) is 0 Å². The molecule has 0 spiro atoms. The average Bonchev–Trinajstić information content (AvgIpc) is 3.25. The molecule has 1 amide bonds. The first kappa shape index (κ1) is 19.9. The minimum absolute atomic E-state index is 0.0264. The third-order valence-corrected chi connectivity index (χ3v) is 6.04. The molecule has 2 unspecified atom stereocenters. The maximum Gasteiger partial charge on any atom is 0.251 e. The van der Waals surface area contributed by atoms with Crippen molar-refractivity contribution in [3.8, 4) is 0 Å². The summed E-state index contributed by atoms with van der Waals surface area (Å²) in [6.07, 6.45) is 3.36. The second-order valence-electron chi connectivity index (χ2n) is 8.23. The van der Waals surface area contributed by atoms with Crippen molar-refractivity contribution in [2.24, 2.45) is 0 Å². The van der Waals surface area contributed by atoms with E-state index < -0.39 is 0 Å². The summed E-state index contributed by atoms with van der Waals surface area (Å²) in [4.78, 5) is 17.1. The van der Waals surface area contributed by atoms with Gasteiger partial charge in [0.15, 0.2) is 0 Å². The van der Waals surface area contributed by atoms with Crippen LogP contribution in [0.2, 0.25) is 0 Å². The maximum atomic E-state index is 12.6. The van der Waals surface area contributed by atoms with Crippen LogP contribution < -0.4 is 21.1 Å². The van der Waals surface area contributed by atoms with E-state index in [0.29, 0.717) is 12.2 Å². The highest BCUT2D eigenvalue weighted by Crippen LogP contribution is 2.25. The molecule has 3 N–H and O–H groups in total. The van der Waals surface area contributed by atoms with E-state index in [-0.39, 0.29) is 11.9 Å². The van der Waals surface area contributed by atoms with Crippen LogP contribution in [-0.4, -0.2) is 50.2 Å².